The largest absolute Gasteiger partial charge is 0.370 e. The molecule has 0 aliphatic rings. The van der Waals surface area contributed by atoms with Gasteiger partial charge in [-0.2, -0.15) is 0 Å². The zero-order valence-corrected chi connectivity index (χ0v) is 25.3. The second-order valence-corrected chi connectivity index (χ2v) is 11.2. The summed E-state index contributed by atoms with van der Waals surface area (Å²) < 4.78 is 0.846. The molecule has 4 unspecified atom stereocenters. The number of aliphatic imine (C=N–C) groups is 1. The van der Waals surface area contributed by atoms with Crippen molar-refractivity contribution in [2.24, 2.45) is 33.7 Å². The number of ketones is 1. The number of thiazole rings is 1. The van der Waals surface area contributed by atoms with Gasteiger partial charge in [-0.05, 0) is 57.7 Å². The van der Waals surface area contributed by atoms with Gasteiger partial charge in [0.15, 0.2) is 11.0 Å². The van der Waals surface area contributed by atoms with Gasteiger partial charge in [0.1, 0.15) is 6.04 Å². The zero-order chi connectivity index (χ0) is 31.8. The summed E-state index contributed by atoms with van der Waals surface area (Å²) >= 11 is 1.24. The Morgan fingerprint density at radius 1 is 0.977 bits per heavy atom. The normalized spacial score (nSPS) is 13.9. The van der Waals surface area contributed by atoms with Crippen molar-refractivity contribution in [1.29, 1.82) is 0 Å². The van der Waals surface area contributed by atoms with Gasteiger partial charge >= 0.3 is 0 Å². The lowest BCUT2D eigenvalue weighted by atomic mass is 10.1. The lowest BCUT2D eigenvalue weighted by molar-refractivity contribution is -0.130. The van der Waals surface area contributed by atoms with Crippen molar-refractivity contribution in [2.45, 2.75) is 69.6 Å². The van der Waals surface area contributed by atoms with Crippen LogP contribution in [0.5, 0.6) is 0 Å². The zero-order valence-electron chi connectivity index (χ0n) is 24.5. The topological polar surface area (TPSA) is 272 Å². The molecule has 2 rings (SSSR count). The van der Waals surface area contributed by atoms with E-state index >= 15 is 0 Å². The van der Waals surface area contributed by atoms with E-state index in [4.69, 9.17) is 28.7 Å². The van der Waals surface area contributed by atoms with E-state index in [0.717, 1.165) is 17.7 Å². The standard InChI is InChI=1S/C27H45N11O4S/c1-16(36-25(42)20(10-11-22(30)39)35-14-17(29)6-4-12-33-15-28)24(41)37-19(8-5-13-34-27(31)32)23(40)26-38-18-7-2-3-9-21(18)43-26/h2-3,7,9,16-17,19-20,33,35H,4-6,8,10-15,28-29H2,1H3,(H2,30,39)(H,36,42)(H,37,41)(H4,31,32,34). The van der Waals surface area contributed by atoms with Crippen molar-refractivity contribution in [3.63, 3.8) is 0 Å². The average Bonchev–Trinajstić information content (AvgIpc) is 3.40. The van der Waals surface area contributed by atoms with Gasteiger partial charge in [-0.3, -0.25) is 24.2 Å². The summed E-state index contributed by atoms with van der Waals surface area (Å²) in [7, 11) is 0. The molecule has 2 aromatic rings. The predicted molar refractivity (Wildman–Crippen MR) is 168 cm³/mol. The van der Waals surface area contributed by atoms with Gasteiger partial charge in [-0.15, -0.1) is 11.3 Å². The Morgan fingerprint density at radius 2 is 1.72 bits per heavy atom. The molecule has 14 N–H and O–H groups in total. The molecule has 4 atom stereocenters. The molecule has 3 amide bonds. The van der Waals surface area contributed by atoms with Crippen LogP contribution in [0.4, 0.5) is 0 Å². The van der Waals surface area contributed by atoms with Crippen molar-refractivity contribution in [3.05, 3.63) is 29.3 Å². The average molecular weight is 620 g/mol. The van der Waals surface area contributed by atoms with E-state index in [-0.39, 0.29) is 48.6 Å². The van der Waals surface area contributed by atoms with Gasteiger partial charge in [0.05, 0.1) is 22.3 Å². The maximum atomic E-state index is 13.4. The first-order valence-electron chi connectivity index (χ1n) is 14.3. The Labute approximate surface area is 255 Å². The summed E-state index contributed by atoms with van der Waals surface area (Å²) in [6.07, 6.45) is 2.26. The van der Waals surface area contributed by atoms with Crippen LogP contribution in [0.15, 0.2) is 29.3 Å². The summed E-state index contributed by atoms with van der Waals surface area (Å²) in [5, 5.41) is 11.8. The van der Waals surface area contributed by atoms with Crippen LogP contribution in [0.1, 0.15) is 55.3 Å². The molecule has 0 saturated carbocycles. The third-order valence-electron chi connectivity index (χ3n) is 6.53. The molecule has 0 bridgehead atoms. The molecule has 16 heteroatoms. The fourth-order valence-corrected chi connectivity index (χ4v) is 5.13. The van der Waals surface area contributed by atoms with Crippen LogP contribution in [-0.4, -0.2) is 84.9 Å². The van der Waals surface area contributed by atoms with Gasteiger partial charge in [-0.1, -0.05) is 12.1 Å². The number of Topliss-reactive ketones (excluding diaryl/α,β-unsaturated/α-hetero) is 1. The number of para-hydroxylation sites is 1. The first kappa shape index (κ1) is 35.5. The molecule has 0 aliphatic carbocycles. The van der Waals surface area contributed by atoms with Crippen molar-refractivity contribution in [2.75, 3.05) is 26.3 Å². The van der Waals surface area contributed by atoms with Gasteiger partial charge < -0.3 is 49.9 Å². The molecule has 1 heterocycles. The quantitative estimate of drug-likeness (QED) is 0.0251. The lowest BCUT2D eigenvalue weighted by Crippen LogP contribution is -2.55. The minimum atomic E-state index is -0.996. The fourth-order valence-electron chi connectivity index (χ4n) is 4.17. The minimum Gasteiger partial charge on any atom is -0.370 e. The number of nitrogens with one attached hydrogen (secondary N) is 4. The van der Waals surface area contributed by atoms with E-state index in [2.05, 4.69) is 31.2 Å². The monoisotopic (exact) mass is 619 g/mol. The molecule has 0 aliphatic heterocycles. The molecular formula is C27H45N11O4S. The first-order valence-corrected chi connectivity index (χ1v) is 15.1. The Morgan fingerprint density at radius 3 is 2.40 bits per heavy atom. The molecular weight excluding hydrogens is 574 g/mol. The lowest BCUT2D eigenvalue weighted by Gasteiger charge is -2.24. The van der Waals surface area contributed by atoms with Crippen LogP contribution in [0.25, 0.3) is 10.2 Å². The molecule has 0 spiro atoms. The highest BCUT2D eigenvalue weighted by atomic mass is 32.1. The number of benzene rings is 1. The Bertz CT molecular complexity index is 1200. The number of amides is 3. The van der Waals surface area contributed by atoms with Crippen molar-refractivity contribution in [1.82, 2.24) is 26.3 Å². The third kappa shape index (κ3) is 13.0. The van der Waals surface area contributed by atoms with Crippen LogP contribution < -0.4 is 49.9 Å². The maximum absolute atomic E-state index is 13.4. The highest BCUT2D eigenvalue weighted by molar-refractivity contribution is 7.20. The molecule has 0 fully saturated rings. The van der Waals surface area contributed by atoms with Gasteiger partial charge in [0, 0.05) is 32.2 Å². The van der Waals surface area contributed by atoms with Crippen molar-refractivity contribution >= 4 is 51.0 Å². The van der Waals surface area contributed by atoms with E-state index in [0.29, 0.717) is 31.6 Å². The summed E-state index contributed by atoms with van der Waals surface area (Å²) in [4.78, 5) is 59.5. The van der Waals surface area contributed by atoms with Crippen molar-refractivity contribution in [3.8, 4) is 0 Å². The molecule has 1 aromatic carbocycles. The van der Waals surface area contributed by atoms with E-state index in [1.165, 1.54) is 18.3 Å². The fraction of sp³-hybridized carbons (Fsp3) is 0.556. The van der Waals surface area contributed by atoms with Crippen molar-refractivity contribution < 1.29 is 19.2 Å². The summed E-state index contributed by atoms with van der Waals surface area (Å²) in [5.74, 6) is -2.04. The van der Waals surface area contributed by atoms with Crippen LogP contribution >= 0.6 is 11.3 Å². The van der Waals surface area contributed by atoms with Crippen LogP contribution in [0.2, 0.25) is 0 Å². The Hall–Kier alpha value is -3.70. The van der Waals surface area contributed by atoms with Gasteiger partial charge in [-0.25, -0.2) is 4.98 Å². The third-order valence-corrected chi connectivity index (χ3v) is 7.58. The predicted octanol–water partition coefficient (Wildman–Crippen LogP) is -1.64. The number of hydrogen-bond donors (Lipinski definition) is 9. The number of nitrogens with zero attached hydrogens (tertiary/aromatic N) is 2. The number of guanidine groups is 1. The molecule has 15 nitrogen and oxygen atoms in total. The molecule has 43 heavy (non-hydrogen) atoms. The number of nitrogens with two attached hydrogens (primary N) is 5. The van der Waals surface area contributed by atoms with E-state index < -0.39 is 35.8 Å². The van der Waals surface area contributed by atoms with Crippen LogP contribution in [0, 0.1) is 0 Å². The number of carbonyl (C=O) groups is 4. The van der Waals surface area contributed by atoms with E-state index in [1.54, 1.807) is 6.07 Å². The van der Waals surface area contributed by atoms with Gasteiger partial charge in [0.2, 0.25) is 23.5 Å². The smallest absolute Gasteiger partial charge is 0.242 e. The highest BCUT2D eigenvalue weighted by Crippen LogP contribution is 2.23. The number of rotatable bonds is 21. The van der Waals surface area contributed by atoms with E-state index in [9.17, 15) is 19.2 Å². The molecule has 1 aromatic heterocycles. The second-order valence-electron chi connectivity index (χ2n) is 10.2. The van der Waals surface area contributed by atoms with Gasteiger partial charge in [0.25, 0.3) is 0 Å². The highest BCUT2D eigenvalue weighted by Gasteiger charge is 2.28. The second kappa shape index (κ2) is 18.8. The maximum Gasteiger partial charge on any atom is 0.242 e. The Kier molecular flexibility index (Phi) is 15.5. The number of fused-ring (bicyclic) bond motifs is 1. The number of hydrogen-bond acceptors (Lipinski definition) is 11. The number of primary amides is 1. The Balaban J connectivity index is 2.05. The molecule has 0 saturated heterocycles. The number of carbonyl (C=O) groups excluding carboxylic acids is 4. The molecule has 238 valence electrons. The SMILES string of the molecule is CC(NC(=O)C(CCC(N)=O)NCC(N)CCCNCN)C(=O)NC(CCCN=C(N)N)C(=O)c1nc2ccccc2s1. The minimum absolute atomic E-state index is 0.0319. The number of aromatic nitrogens is 1. The first-order chi connectivity index (χ1) is 20.5. The summed E-state index contributed by atoms with van der Waals surface area (Å²) in [6.45, 7) is 3.19. The van der Waals surface area contributed by atoms with Crippen LogP contribution in [-0.2, 0) is 14.4 Å². The van der Waals surface area contributed by atoms with Crippen LogP contribution in [0.3, 0.4) is 0 Å². The summed E-state index contributed by atoms with van der Waals surface area (Å²) in [5.41, 5.74) is 28.4. The van der Waals surface area contributed by atoms with E-state index in [1.807, 2.05) is 18.2 Å². The summed E-state index contributed by atoms with van der Waals surface area (Å²) in [6, 6.07) is 4.39. The molecule has 0 radical (unpaired) electrons.